The second kappa shape index (κ2) is 3.81. The van der Waals surface area contributed by atoms with Crippen molar-refractivity contribution in [2.24, 2.45) is 0 Å². The monoisotopic (exact) mass is 292 g/mol. The zero-order chi connectivity index (χ0) is 12.2. The standard InChI is InChI=1S/C8HBCl4N2O/c9-15-7(14)1-2(8(15)16)4(11)6(13)5(12)3(1)10/h14H. The highest BCUT2D eigenvalue weighted by Gasteiger charge is 2.36. The zero-order valence-electron chi connectivity index (χ0n) is 7.44. The highest BCUT2D eigenvalue weighted by molar-refractivity contribution is 6.56. The van der Waals surface area contributed by atoms with Gasteiger partial charge in [-0.1, -0.05) is 46.4 Å². The molecule has 1 amide bonds. The topological polar surface area (TPSA) is 44.2 Å². The molecule has 2 radical (unpaired) electrons. The van der Waals surface area contributed by atoms with Crippen LogP contribution in [0.2, 0.25) is 20.1 Å². The van der Waals surface area contributed by atoms with Gasteiger partial charge in [-0.25, -0.2) is 0 Å². The minimum Gasteiger partial charge on any atom is -0.350 e. The normalized spacial score (nSPS) is 14.6. The largest absolute Gasteiger partial charge is 0.350 e. The van der Waals surface area contributed by atoms with E-state index in [1.54, 1.807) is 0 Å². The van der Waals surface area contributed by atoms with Gasteiger partial charge in [-0.2, -0.15) is 0 Å². The van der Waals surface area contributed by atoms with Crippen molar-refractivity contribution in [1.29, 1.82) is 5.41 Å². The molecule has 1 N–H and O–H groups in total. The number of amides is 1. The van der Waals surface area contributed by atoms with Crippen molar-refractivity contribution in [3.05, 3.63) is 31.2 Å². The molecule has 2 rings (SSSR count). The summed E-state index contributed by atoms with van der Waals surface area (Å²) >= 11 is 23.4. The lowest BCUT2D eigenvalue weighted by atomic mass is 10.1. The first-order valence-electron chi connectivity index (χ1n) is 3.92. The predicted molar refractivity (Wildman–Crippen MR) is 65.2 cm³/mol. The summed E-state index contributed by atoms with van der Waals surface area (Å²) in [6.07, 6.45) is 0. The fourth-order valence-electron chi connectivity index (χ4n) is 1.40. The minimum atomic E-state index is -0.634. The van der Waals surface area contributed by atoms with E-state index in [0.717, 1.165) is 0 Å². The van der Waals surface area contributed by atoms with Crippen molar-refractivity contribution in [1.82, 2.24) is 4.81 Å². The van der Waals surface area contributed by atoms with Crippen LogP contribution >= 0.6 is 46.4 Å². The number of benzene rings is 1. The van der Waals surface area contributed by atoms with Crippen molar-refractivity contribution >= 4 is 66.1 Å². The van der Waals surface area contributed by atoms with Gasteiger partial charge in [-0.15, -0.1) is 0 Å². The molecule has 1 aliphatic heterocycles. The first-order chi connectivity index (χ1) is 7.37. The molecule has 0 fully saturated rings. The number of hydrogen-bond donors (Lipinski definition) is 1. The number of rotatable bonds is 0. The van der Waals surface area contributed by atoms with Crippen LogP contribution in [0.1, 0.15) is 15.9 Å². The molecule has 0 aromatic heterocycles. The van der Waals surface area contributed by atoms with Gasteiger partial charge in [0.1, 0.15) is 5.84 Å². The van der Waals surface area contributed by atoms with E-state index in [1.807, 2.05) is 0 Å². The Balaban J connectivity index is 2.91. The first kappa shape index (κ1) is 12.1. The van der Waals surface area contributed by atoms with Crippen LogP contribution in [0.25, 0.3) is 0 Å². The predicted octanol–water partition coefficient (Wildman–Crippen LogP) is 3.16. The Hall–Kier alpha value is -0.415. The van der Waals surface area contributed by atoms with Crippen LogP contribution in [0.4, 0.5) is 0 Å². The van der Waals surface area contributed by atoms with Gasteiger partial charge in [-0.3, -0.25) is 10.2 Å². The van der Waals surface area contributed by atoms with Gasteiger partial charge < -0.3 is 4.81 Å². The van der Waals surface area contributed by atoms with Crippen molar-refractivity contribution in [2.45, 2.75) is 0 Å². The van der Waals surface area contributed by atoms with Crippen molar-refractivity contribution < 1.29 is 4.79 Å². The maximum Gasteiger partial charge on any atom is 0.248 e. The molecule has 1 aliphatic rings. The van der Waals surface area contributed by atoms with Crippen LogP contribution in [0.3, 0.4) is 0 Å². The van der Waals surface area contributed by atoms with Gasteiger partial charge in [0.25, 0.3) is 0 Å². The van der Waals surface area contributed by atoms with E-state index in [-0.39, 0.29) is 37.1 Å². The van der Waals surface area contributed by atoms with E-state index in [9.17, 15) is 4.79 Å². The van der Waals surface area contributed by atoms with E-state index < -0.39 is 5.91 Å². The van der Waals surface area contributed by atoms with E-state index in [1.165, 1.54) is 0 Å². The molecule has 1 heterocycles. The number of nitrogens with one attached hydrogen (secondary N) is 1. The lowest BCUT2D eigenvalue weighted by Crippen LogP contribution is -2.26. The average molecular weight is 294 g/mol. The second-order valence-corrected chi connectivity index (χ2v) is 4.54. The molecule has 0 saturated heterocycles. The Morgan fingerprint density at radius 1 is 0.938 bits per heavy atom. The average Bonchev–Trinajstić information content (AvgIpc) is 2.48. The number of amidine groups is 1. The van der Waals surface area contributed by atoms with Gasteiger partial charge in [0, 0.05) is 0 Å². The molecule has 0 spiro atoms. The number of halogens is 4. The van der Waals surface area contributed by atoms with Crippen LogP contribution in [-0.4, -0.2) is 24.5 Å². The van der Waals surface area contributed by atoms with Crippen LogP contribution in [0.5, 0.6) is 0 Å². The molecule has 0 aliphatic carbocycles. The van der Waals surface area contributed by atoms with Gasteiger partial charge in [0.15, 0.2) is 0 Å². The summed E-state index contributed by atoms with van der Waals surface area (Å²) in [6.45, 7) is 0. The highest BCUT2D eigenvalue weighted by Crippen LogP contribution is 2.44. The third-order valence-corrected chi connectivity index (χ3v) is 3.98. The third kappa shape index (κ3) is 1.37. The Bertz CT molecular complexity index is 499. The second-order valence-electron chi connectivity index (χ2n) is 3.03. The Kier molecular flexibility index (Phi) is 2.87. The molecule has 0 saturated carbocycles. The fourth-order valence-corrected chi connectivity index (χ4v) is 2.42. The van der Waals surface area contributed by atoms with Gasteiger partial charge >= 0.3 is 0 Å². The van der Waals surface area contributed by atoms with Crippen LogP contribution in [-0.2, 0) is 0 Å². The van der Waals surface area contributed by atoms with Crippen LogP contribution in [0, 0.1) is 5.41 Å². The molecule has 3 nitrogen and oxygen atoms in total. The van der Waals surface area contributed by atoms with Gasteiger partial charge in [0.2, 0.25) is 13.9 Å². The Morgan fingerprint density at radius 3 is 1.88 bits per heavy atom. The lowest BCUT2D eigenvalue weighted by Gasteiger charge is -2.08. The van der Waals surface area contributed by atoms with Crippen molar-refractivity contribution in [3.63, 3.8) is 0 Å². The van der Waals surface area contributed by atoms with Crippen LogP contribution in [0.15, 0.2) is 0 Å². The summed E-state index contributed by atoms with van der Waals surface area (Å²) in [6, 6.07) is 0. The smallest absolute Gasteiger partial charge is 0.248 e. The summed E-state index contributed by atoms with van der Waals surface area (Å²) in [4.78, 5) is 12.3. The molecule has 8 heteroatoms. The van der Waals surface area contributed by atoms with Crippen LogP contribution < -0.4 is 0 Å². The lowest BCUT2D eigenvalue weighted by molar-refractivity contribution is 0.0923. The number of nitrogens with zero attached hydrogens (tertiary/aromatic N) is 1. The van der Waals surface area contributed by atoms with E-state index >= 15 is 0 Å². The Labute approximate surface area is 112 Å². The maximum atomic E-state index is 11.7. The zero-order valence-corrected chi connectivity index (χ0v) is 10.5. The number of carbonyl (C=O) groups is 1. The first-order valence-corrected chi connectivity index (χ1v) is 5.43. The third-order valence-electron chi connectivity index (χ3n) is 2.18. The van der Waals surface area contributed by atoms with Gasteiger partial charge in [-0.05, 0) is 0 Å². The number of carbonyl (C=O) groups excluding carboxylic acids is 1. The fraction of sp³-hybridized carbons (Fsp3) is 0. The van der Waals surface area contributed by atoms with E-state index in [2.05, 4.69) is 0 Å². The van der Waals surface area contributed by atoms with Crippen molar-refractivity contribution in [3.8, 4) is 0 Å². The minimum absolute atomic E-state index is 0.0000617. The number of hydrogen-bond acceptors (Lipinski definition) is 2. The molecule has 1 aromatic carbocycles. The summed E-state index contributed by atoms with van der Waals surface area (Å²) in [5, 5.41) is 7.53. The molecule has 80 valence electrons. The molecule has 1 aromatic rings. The quantitative estimate of drug-likeness (QED) is 0.446. The molecule has 0 bridgehead atoms. The summed E-state index contributed by atoms with van der Waals surface area (Å²) in [5.41, 5.74) is 0.113. The van der Waals surface area contributed by atoms with E-state index in [4.69, 9.17) is 59.8 Å². The van der Waals surface area contributed by atoms with E-state index in [0.29, 0.717) is 4.81 Å². The highest BCUT2D eigenvalue weighted by atomic mass is 35.5. The molecule has 16 heavy (non-hydrogen) atoms. The Morgan fingerprint density at radius 2 is 1.38 bits per heavy atom. The molecular formula is C8HBCl4N2O. The van der Waals surface area contributed by atoms with Crippen molar-refractivity contribution in [2.75, 3.05) is 0 Å². The number of fused-ring (bicyclic) bond motifs is 1. The molecule has 0 atom stereocenters. The maximum absolute atomic E-state index is 11.7. The summed E-state index contributed by atoms with van der Waals surface area (Å²) < 4.78 is 0. The van der Waals surface area contributed by atoms with Gasteiger partial charge in [0.05, 0.1) is 31.2 Å². The SMILES string of the molecule is [B]N1C(=N)c2c(Cl)c(Cl)c(Cl)c(Cl)c2C1=O. The molecule has 0 unspecified atom stereocenters. The summed E-state index contributed by atoms with van der Waals surface area (Å²) in [7, 11) is 5.37. The molecular weight excluding hydrogens is 293 g/mol. The summed E-state index contributed by atoms with van der Waals surface area (Å²) in [5.74, 6) is -0.893.